The van der Waals surface area contributed by atoms with Crippen molar-refractivity contribution in [3.63, 3.8) is 0 Å². The maximum absolute atomic E-state index is 12.8. The molecule has 1 aliphatic rings. The minimum atomic E-state index is -0.866. The Morgan fingerprint density at radius 1 is 1.24 bits per heavy atom. The van der Waals surface area contributed by atoms with Crippen LogP contribution in [0.3, 0.4) is 0 Å². The van der Waals surface area contributed by atoms with Crippen molar-refractivity contribution in [1.29, 1.82) is 0 Å². The van der Waals surface area contributed by atoms with E-state index in [9.17, 15) is 19.2 Å². The molecule has 1 aliphatic heterocycles. The van der Waals surface area contributed by atoms with Crippen LogP contribution in [0.2, 0.25) is 0 Å². The van der Waals surface area contributed by atoms with Crippen molar-refractivity contribution in [1.82, 2.24) is 10.6 Å². The van der Waals surface area contributed by atoms with E-state index < -0.39 is 41.4 Å². The van der Waals surface area contributed by atoms with Gasteiger partial charge in [-0.25, -0.2) is 9.59 Å². The van der Waals surface area contributed by atoms with Gasteiger partial charge in [-0.15, -0.1) is 0 Å². The van der Waals surface area contributed by atoms with Gasteiger partial charge in [0.15, 0.2) is 5.76 Å². The maximum atomic E-state index is 12.8. The van der Waals surface area contributed by atoms with Gasteiger partial charge in [0, 0.05) is 25.2 Å². The Morgan fingerprint density at radius 2 is 1.93 bits per heavy atom. The molecule has 0 unspecified atom stereocenters. The standard InChI is InChI=1S/C31H43N3O7/c1-8-9-14-23(40-30(32)38)15-12-19-33-28(36)27(31(4,5)6)34-26(35)16-11-10-13-21(2)20-22(3)24-17-18-25(39-7)29(37)41-24/h8-10,12-13,18-20,22-24,27H,14-15,17H2,1-7H3,(H2,32,38)(H,33,36)(H,34,35)/b9-8-,13-10-,19-12-,21-20+/t22-,23-,24-,27+/m0/s1. The Hall–Kier alpha value is -4.26. The average molecular weight is 570 g/mol. The highest BCUT2D eigenvalue weighted by Crippen LogP contribution is 2.23. The normalized spacial score (nSPS) is 18.1. The van der Waals surface area contributed by atoms with E-state index in [-0.39, 0.29) is 17.8 Å². The topological polar surface area (TPSA) is 146 Å². The van der Waals surface area contributed by atoms with Gasteiger partial charge in [-0.3, -0.25) is 9.59 Å². The van der Waals surface area contributed by atoms with Crippen molar-refractivity contribution in [2.45, 2.75) is 79.1 Å². The molecule has 0 bridgehead atoms. The molecule has 0 aromatic carbocycles. The fourth-order valence-corrected chi connectivity index (χ4v) is 3.83. The summed E-state index contributed by atoms with van der Waals surface area (Å²) in [6.45, 7) is 11.2. The molecule has 4 N–H and O–H groups in total. The predicted octanol–water partition coefficient (Wildman–Crippen LogP) is 3.96. The second-order valence-electron chi connectivity index (χ2n) is 10.6. The first-order valence-electron chi connectivity index (χ1n) is 13.4. The third-order valence-corrected chi connectivity index (χ3v) is 6.01. The van der Waals surface area contributed by atoms with Crippen LogP contribution in [0.25, 0.3) is 0 Å². The Balaban J connectivity index is 2.72. The molecule has 0 aromatic heterocycles. The first kappa shape index (κ1) is 34.8. The monoisotopic (exact) mass is 569 g/mol. The number of esters is 1. The molecule has 0 saturated heterocycles. The summed E-state index contributed by atoms with van der Waals surface area (Å²) in [6.07, 6.45) is 13.6. The number of nitrogens with one attached hydrogen (secondary N) is 2. The lowest BCUT2D eigenvalue weighted by molar-refractivity contribution is -0.151. The van der Waals surface area contributed by atoms with Gasteiger partial charge < -0.3 is 30.6 Å². The van der Waals surface area contributed by atoms with E-state index in [2.05, 4.69) is 22.5 Å². The lowest BCUT2D eigenvalue weighted by Crippen LogP contribution is -2.52. The van der Waals surface area contributed by atoms with Crippen LogP contribution in [-0.2, 0) is 28.6 Å². The number of ether oxygens (including phenoxy) is 3. The van der Waals surface area contributed by atoms with Crippen molar-refractivity contribution in [2.24, 2.45) is 17.1 Å². The fraction of sp³-hybridized carbons (Fsp3) is 0.484. The summed E-state index contributed by atoms with van der Waals surface area (Å²) in [4.78, 5) is 48.3. The van der Waals surface area contributed by atoms with E-state index in [1.807, 2.05) is 59.8 Å². The number of rotatable bonds is 12. The summed E-state index contributed by atoms with van der Waals surface area (Å²) in [5.41, 5.74) is 5.41. The number of hydrogen-bond donors (Lipinski definition) is 3. The minimum absolute atomic E-state index is 0.0376. The van der Waals surface area contributed by atoms with Crippen molar-refractivity contribution in [3.05, 3.63) is 60.1 Å². The van der Waals surface area contributed by atoms with E-state index in [4.69, 9.17) is 19.9 Å². The SMILES string of the molecule is C/C=C\C[C@@H](C/C=C\NC(=O)[C@@H](NC(=O)C#C/C=C\C(C)=C\[C@H](C)[C@@H]1CC=C(OC)C(=O)O1)C(C)(C)C)OC(N)=O. The first-order valence-corrected chi connectivity index (χ1v) is 13.4. The van der Waals surface area contributed by atoms with E-state index in [0.717, 1.165) is 5.57 Å². The number of nitrogens with two attached hydrogens (primary N) is 1. The van der Waals surface area contributed by atoms with Gasteiger partial charge in [0.25, 0.3) is 5.91 Å². The first-order chi connectivity index (χ1) is 19.3. The second kappa shape index (κ2) is 17.4. The van der Waals surface area contributed by atoms with Gasteiger partial charge >= 0.3 is 12.1 Å². The molecule has 10 nitrogen and oxygen atoms in total. The zero-order chi connectivity index (χ0) is 31.0. The molecular formula is C31H43N3O7. The fourth-order valence-electron chi connectivity index (χ4n) is 3.83. The van der Waals surface area contributed by atoms with Crippen LogP contribution in [0.4, 0.5) is 4.79 Å². The molecule has 1 heterocycles. The smallest absolute Gasteiger partial charge is 0.404 e. The number of primary amides is 1. The molecule has 10 heteroatoms. The quantitative estimate of drug-likeness (QED) is 0.140. The largest absolute Gasteiger partial charge is 0.490 e. The van der Waals surface area contributed by atoms with Crippen LogP contribution in [0.15, 0.2) is 60.1 Å². The molecule has 0 saturated carbocycles. The zero-order valence-corrected chi connectivity index (χ0v) is 25.0. The van der Waals surface area contributed by atoms with E-state index in [0.29, 0.717) is 19.3 Å². The molecule has 1 rings (SSSR count). The van der Waals surface area contributed by atoms with Crippen molar-refractivity contribution in [2.75, 3.05) is 7.11 Å². The van der Waals surface area contributed by atoms with Gasteiger partial charge in [0.1, 0.15) is 18.2 Å². The number of cyclic esters (lactones) is 1. The number of allylic oxidation sites excluding steroid dienone is 4. The molecule has 0 aliphatic carbocycles. The lowest BCUT2D eigenvalue weighted by atomic mass is 9.86. The van der Waals surface area contributed by atoms with Gasteiger partial charge in [0.05, 0.1) is 7.11 Å². The summed E-state index contributed by atoms with van der Waals surface area (Å²) in [6, 6.07) is -0.855. The summed E-state index contributed by atoms with van der Waals surface area (Å²) in [7, 11) is 1.43. The van der Waals surface area contributed by atoms with Crippen LogP contribution in [0.5, 0.6) is 0 Å². The minimum Gasteiger partial charge on any atom is -0.490 e. The number of hydrogen-bond acceptors (Lipinski definition) is 7. The highest BCUT2D eigenvalue weighted by atomic mass is 16.6. The Morgan fingerprint density at radius 3 is 2.51 bits per heavy atom. The molecule has 224 valence electrons. The third kappa shape index (κ3) is 13.6. The molecule has 3 amide bonds. The Bertz CT molecular complexity index is 1150. The van der Waals surface area contributed by atoms with Crippen LogP contribution in [0, 0.1) is 23.2 Å². The van der Waals surface area contributed by atoms with Gasteiger partial charge in [-0.2, -0.15) is 0 Å². The summed E-state index contributed by atoms with van der Waals surface area (Å²) in [5.74, 6) is 3.85. The summed E-state index contributed by atoms with van der Waals surface area (Å²) >= 11 is 0. The third-order valence-electron chi connectivity index (χ3n) is 6.01. The number of methoxy groups -OCH3 is 1. The van der Waals surface area contributed by atoms with Gasteiger partial charge in [0.2, 0.25) is 5.91 Å². The number of carbonyl (C=O) groups is 4. The molecule has 41 heavy (non-hydrogen) atoms. The summed E-state index contributed by atoms with van der Waals surface area (Å²) < 4.78 is 15.4. The molecule has 0 radical (unpaired) electrons. The van der Waals surface area contributed by atoms with Gasteiger partial charge in [-0.05, 0) is 43.5 Å². The lowest BCUT2D eigenvalue weighted by Gasteiger charge is -2.29. The molecule has 0 spiro atoms. The Kier molecular flexibility index (Phi) is 14.8. The zero-order valence-electron chi connectivity index (χ0n) is 25.0. The van der Waals surface area contributed by atoms with Crippen LogP contribution in [-0.4, -0.2) is 49.2 Å². The summed E-state index contributed by atoms with van der Waals surface area (Å²) in [5, 5.41) is 5.33. The second-order valence-corrected chi connectivity index (χ2v) is 10.6. The highest BCUT2D eigenvalue weighted by Gasteiger charge is 2.32. The number of amides is 3. The van der Waals surface area contributed by atoms with E-state index >= 15 is 0 Å². The van der Waals surface area contributed by atoms with E-state index in [1.54, 1.807) is 24.3 Å². The number of carbonyl (C=O) groups excluding carboxylic acids is 4. The van der Waals surface area contributed by atoms with Crippen LogP contribution in [0.1, 0.15) is 60.8 Å². The van der Waals surface area contributed by atoms with Crippen LogP contribution < -0.4 is 16.4 Å². The van der Waals surface area contributed by atoms with E-state index in [1.165, 1.54) is 13.3 Å². The molecule has 4 atom stereocenters. The van der Waals surface area contributed by atoms with Crippen molar-refractivity contribution < 1.29 is 33.4 Å². The average Bonchev–Trinajstić information content (AvgIpc) is 2.89. The van der Waals surface area contributed by atoms with Gasteiger partial charge in [-0.1, -0.05) is 69.6 Å². The highest BCUT2D eigenvalue weighted by molar-refractivity contribution is 5.97. The molecule has 0 aromatic rings. The van der Waals surface area contributed by atoms with Crippen molar-refractivity contribution >= 4 is 23.9 Å². The Labute approximate surface area is 243 Å². The van der Waals surface area contributed by atoms with Crippen LogP contribution >= 0.6 is 0 Å². The van der Waals surface area contributed by atoms with Crippen molar-refractivity contribution in [3.8, 4) is 11.8 Å². The molecule has 0 fully saturated rings. The molecular weight excluding hydrogens is 526 g/mol. The predicted molar refractivity (Wildman–Crippen MR) is 157 cm³/mol. The maximum Gasteiger partial charge on any atom is 0.404 e.